The van der Waals surface area contributed by atoms with Crippen LogP contribution in [-0.4, -0.2) is 69.8 Å². The van der Waals surface area contributed by atoms with Crippen molar-refractivity contribution in [3.05, 3.63) is 11.6 Å². The van der Waals surface area contributed by atoms with Crippen molar-refractivity contribution in [2.24, 2.45) is 10.7 Å². The largest absolute Gasteiger partial charge is 0.370 e. The number of thiazole rings is 1. The molecule has 3 N–H and O–H groups in total. The Labute approximate surface area is 128 Å². The van der Waals surface area contributed by atoms with Crippen LogP contribution in [0.4, 0.5) is 5.13 Å². The Kier molecular flexibility index (Phi) is 5.37. The third-order valence-corrected chi connectivity index (χ3v) is 4.60. The highest BCUT2D eigenvalue weighted by molar-refractivity contribution is 7.88. The highest BCUT2D eigenvalue weighted by Crippen LogP contribution is 2.18. The van der Waals surface area contributed by atoms with E-state index in [2.05, 4.69) is 19.6 Å². The lowest BCUT2D eigenvalue weighted by Crippen LogP contribution is -2.51. The van der Waals surface area contributed by atoms with Crippen LogP contribution in [0.5, 0.6) is 0 Å². The lowest BCUT2D eigenvalue weighted by atomic mass is 10.3. The first kappa shape index (κ1) is 16.0. The zero-order valence-electron chi connectivity index (χ0n) is 11.9. The van der Waals surface area contributed by atoms with Crippen molar-refractivity contribution in [3.63, 3.8) is 0 Å². The Morgan fingerprint density at radius 1 is 1.48 bits per heavy atom. The molecule has 2 heterocycles. The van der Waals surface area contributed by atoms with Crippen LogP contribution in [0.3, 0.4) is 0 Å². The number of piperazine rings is 1. The quantitative estimate of drug-likeness (QED) is 0.413. The molecule has 1 aliphatic rings. The summed E-state index contributed by atoms with van der Waals surface area (Å²) in [6, 6.07) is 0. The van der Waals surface area contributed by atoms with E-state index in [-0.39, 0.29) is 6.54 Å². The van der Waals surface area contributed by atoms with Gasteiger partial charge in [-0.1, -0.05) is 0 Å². The van der Waals surface area contributed by atoms with Crippen molar-refractivity contribution in [2.45, 2.75) is 0 Å². The molecular weight excluding hydrogens is 312 g/mol. The molecule has 0 unspecified atom stereocenters. The number of rotatable bonds is 5. The molecule has 1 saturated heterocycles. The molecule has 1 aromatic rings. The van der Waals surface area contributed by atoms with E-state index in [4.69, 9.17) is 5.73 Å². The third-order valence-electron chi connectivity index (χ3n) is 3.04. The first-order valence-electron chi connectivity index (χ1n) is 6.59. The van der Waals surface area contributed by atoms with Crippen molar-refractivity contribution < 1.29 is 8.42 Å². The Hall–Kier alpha value is -1.39. The van der Waals surface area contributed by atoms with Gasteiger partial charge in [-0.3, -0.25) is 4.99 Å². The van der Waals surface area contributed by atoms with Gasteiger partial charge in [0.15, 0.2) is 11.1 Å². The molecule has 21 heavy (non-hydrogen) atoms. The summed E-state index contributed by atoms with van der Waals surface area (Å²) in [5.41, 5.74) is 5.93. The minimum Gasteiger partial charge on any atom is -0.370 e. The van der Waals surface area contributed by atoms with Gasteiger partial charge in [0, 0.05) is 44.3 Å². The van der Waals surface area contributed by atoms with Crippen LogP contribution in [0.2, 0.25) is 0 Å². The van der Waals surface area contributed by atoms with E-state index >= 15 is 0 Å². The average molecular weight is 332 g/mol. The van der Waals surface area contributed by atoms with Crippen molar-refractivity contribution in [1.82, 2.24) is 14.6 Å². The van der Waals surface area contributed by atoms with Gasteiger partial charge >= 0.3 is 0 Å². The van der Waals surface area contributed by atoms with Crippen molar-refractivity contribution in [1.29, 1.82) is 0 Å². The van der Waals surface area contributed by atoms with Crippen molar-refractivity contribution >= 4 is 32.5 Å². The number of anilines is 1. The molecule has 0 saturated carbocycles. The minimum atomic E-state index is -3.17. The molecule has 0 bridgehead atoms. The summed E-state index contributed by atoms with van der Waals surface area (Å²) in [4.78, 5) is 12.7. The summed E-state index contributed by atoms with van der Waals surface area (Å²) >= 11 is 1.63. The van der Waals surface area contributed by atoms with Gasteiger partial charge in [0.1, 0.15) is 0 Å². The zero-order chi connectivity index (χ0) is 15.3. The minimum absolute atomic E-state index is 0.263. The molecule has 2 rings (SSSR count). The molecule has 0 aromatic carbocycles. The Balaban J connectivity index is 1.76. The van der Waals surface area contributed by atoms with Gasteiger partial charge in [-0.25, -0.2) is 18.1 Å². The topological polar surface area (TPSA) is 104 Å². The number of hydrogen-bond donors (Lipinski definition) is 2. The van der Waals surface area contributed by atoms with Gasteiger partial charge in [0.2, 0.25) is 10.0 Å². The summed E-state index contributed by atoms with van der Waals surface area (Å²) in [7, 11) is -3.17. The molecule has 0 aliphatic carbocycles. The number of aromatic nitrogens is 1. The zero-order valence-corrected chi connectivity index (χ0v) is 13.5. The lowest BCUT2D eigenvalue weighted by Gasteiger charge is -2.35. The molecule has 10 heteroatoms. The lowest BCUT2D eigenvalue weighted by molar-refractivity contribution is 0.380. The second-order valence-corrected chi connectivity index (χ2v) is 7.40. The molecule has 8 nitrogen and oxygen atoms in total. The molecule has 0 atom stereocenters. The Bertz CT molecular complexity index is 564. The number of nitrogens with zero attached hydrogens (tertiary/aromatic N) is 4. The van der Waals surface area contributed by atoms with Crippen LogP contribution in [-0.2, 0) is 10.0 Å². The van der Waals surface area contributed by atoms with Gasteiger partial charge in [0.25, 0.3) is 0 Å². The van der Waals surface area contributed by atoms with E-state index in [1.165, 1.54) is 0 Å². The van der Waals surface area contributed by atoms with Gasteiger partial charge in [-0.2, -0.15) is 0 Å². The van der Waals surface area contributed by atoms with Crippen LogP contribution in [0.1, 0.15) is 0 Å². The number of nitrogens with one attached hydrogen (secondary N) is 1. The Morgan fingerprint density at radius 2 is 2.19 bits per heavy atom. The Morgan fingerprint density at radius 3 is 2.76 bits per heavy atom. The molecule has 1 fully saturated rings. The van der Waals surface area contributed by atoms with E-state index in [1.54, 1.807) is 17.5 Å². The smallest absolute Gasteiger partial charge is 0.208 e. The van der Waals surface area contributed by atoms with Gasteiger partial charge < -0.3 is 15.5 Å². The fraction of sp³-hybridized carbons (Fsp3) is 0.636. The van der Waals surface area contributed by atoms with E-state index in [0.29, 0.717) is 12.5 Å². The fourth-order valence-corrected chi connectivity index (χ4v) is 3.16. The maximum Gasteiger partial charge on any atom is 0.208 e. The number of hydrogen-bond acceptors (Lipinski definition) is 6. The van der Waals surface area contributed by atoms with E-state index < -0.39 is 10.0 Å². The molecule has 0 amide bonds. The van der Waals surface area contributed by atoms with E-state index in [0.717, 1.165) is 37.6 Å². The van der Waals surface area contributed by atoms with E-state index in [1.807, 2.05) is 10.3 Å². The molecule has 118 valence electrons. The van der Waals surface area contributed by atoms with Crippen LogP contribution >= 0.6 is 11.3 Å². The summed E-state index contributed by atoms with van der Waals surface area (Å²) in [6.45, 7) is 3.88. The number of aliphatic imine (C=N–C) groups is 1. The summed E-state index contributed by atoms with van der Waals surface area (Å²) < 4.78 is 24.2. The predicted octanol–water partition coefficient (Wildman–Crippen LogP) is -0.871. The molecule has 0 spiro atoms. The molecule has 0 radical (unpaired) electrons. The van der Waals surface area contributed by atoms with E-state index in [9.17, 15) is 8.42 Å². The number of nitrogens with two attached hydrogens (primary N) is 1. The standard InChI is InChI=1S/C11H20N6O2S2/c1-21(18,19)15-3-2-13-10(12)16-5-7-17(8-6-16)11-14-4-9-20-11/h4,9,15H,2-3,5-8H2,1H3,(H2,12,13). The molecular formula is C11H20N6O2S2. The predicted molar refractivity (Wildman–Crippen MR) is 85.2 cm³/mol. The average Bonchev–Trinajstić information content (AvgIpc) is 2.96. The summed E-state index contributed by atoms with van der Waals surface area (Å²) in [5, 5.41) is 2.99. The third kappa shape index (κ3) is 5.14. The normalized spacial score (nSPS) is 17.3. The molecule has 1 aliphatic heterocycles. The highest BCUT2D eigenvalue weighted by atomic mass is 32.2. The second kappa shape index (κ2) is 7.05. The van der Waals surface area contributed by atoms with Gasteiger partial charge in [-0.15, -0.1) is 11.3 Å². The first-order valence-corrected chi connectivity index (χ1v) is 9.37. The maximum atomic E-state index is 10.9. The molecule has 1 aromatic heterocycles. The fourth-order valence-electron chi connectivity index (χ4n) is 2.00. The number of guanidine groups is 1. The maximum absolute atomic E-state index is 10.9. The van der Waals surface area contributed by atoms with Crippen LogP contribution in [0.25, 0.3) is 0 Å². The van der Waals surface area contributed by atoms with Crippen LogP contribution < -0.4 is 15.4 Å². The second-order valence-electron chi connectivity index (χ2n) is 4.70. The summed E-state index contributed by atoms with van der Waals surface area (Å²) in [6.07, 6.45) is 2.93. The summed E-state index contributed by atoms with van der Waals surface area (Å²) in [5.74, 6) is 0.462. The van der Waals surface area contributed by atoms with Crippen molar-refractivity contribution in [3.8, 4) is 0 Å². The monoisotopic (exact) mass is 332 g/mol. The number of sulfonamides is 1. The highest BCUT2D eigenvalue weighted by Gasteiger charge is 2.19. The van der Waals surface area contributed by atoms with Crippen LogP contribution in [0, 0.1) is 0 Å². The van der Waals surface area contributed by atoms with Gasteiger partial charge in [0.05, 0.1) is 12.8 Å². The van der Waals surface area contributed by atoms with Crippen LogP contribution in [0.15, 0.2) is 16.6 Å². The van der Waals surface area contributed by atoms with Crippen molar-refractivity contribution in [2.75, 3.05) is 50.4 Å². The SMILES string of the molecule is CS(=O)(=O)NCCN=C(N)N1CCN(c2nccs2)CC1. The van der Waals surface area contributed by atoms with Gasteiger partial charge in [-0.05, 0) is 0 Å². The first-order chi connectivity index (χ1) is 9.96.